The lowest BCUT2D eigenvalue weighted by atomic mass is 10.2. The molecule has 1 aliphatic rings. The second kappa shape index (κ2) is 5.10. The first kappa shape index (κ1) is 11.7. The average Bonchev–Trinajstić information content (AvgIpc) is 3.08. The molecule has 1 saturated carbocycles. The van der Waals surface area contributed by atoms with Gasteiger partial charge in [0.05, 0.1) is 23.4 Å². The summed E-state index contributed by atoms with van der Waals surface area (Å²) in [6.07, 6.45) is 7.41. The van der Waals surface area contributed by atoms with E-state index in [-0.39, 0.29) is 0 Å². The van der Waals surface area contributed by atoms with E-state index in [9.17, 15) is 0 Å². The fourth-order valence-corrected chi connectivity index (χ4v) is 3.16. The Morgan fingerprint density at radius 3 is 3.00 bits per heavy atom. The minimum atomic E-state index is 0.629. The normalized spacial score (nSPS) is 16.3. The molecule has 96 valence electrons. The third kappa shape index (κ3) is 2.41. The van der Waals surface area contributed by atoms with Gasteiger partial charge in [-0.05, 0) is 19.8 Å². The highest BCUT2D eigenvalue weighted by molar-refractivity contribution is 7.07. The van der Waals surface area contributed by atoms with Crippen molar-refractivity contribution in [2.45, 2.75) is 45.2 Å². The van der Waals surface area contributed by atoms with Crippen molar-refractivity contribution in [2.24, 2.45) is 0 Å². The molecule has 3 rings (SSSR count). The van der Waals surface area contributed by atoms with Gasteiger partial charge in [-0.25, -0.2) is 9.97 Å². The smallest absolute Gasteiger partial charge is 0.203 e. The average molecular weight is 262 g/mol. The van der Waals surface area contributed by atoms with Crippen LogP contribution in [-0.4, -0.2) is 14.5 Å². The summed E-state index contributed by atoms with van der Waals surface area (Å²) in [5, 5.41) is 5.48. The van der Waals surface area contributed by atoms with Gasteiger partial charge in [0.25, 0.3) is 0 Å². The Kier molecular flexibility index (Phi) is 3.32. The van der Waals surface area contributed by atoms with Crippen LogP contribution in [0.15, 0.2) is 17.1 Å². The number of thiazole rings is 1. The van der Waals surface area contributed by atoms with Gasteiger partial charge in [0.15, 0.2) is 0 Å². The van der Waals surface area contributed by atoms with E-state index in [4.69, 9.17) is 0 Å². The maximum absolute atomic E-state index is 4.58. The van der Waals surface area contributed by atoms with E-state index in [1.165, 1.54) is 25.7 Å². The summed E-state index contributed by atoms with van der Waals surface area (Å²) < 4.78 is 2.31. The van der Waals surface area contributed by atoms with Gasteiger partial charge in [0.1, 0.15) is 0 Å². The third-order valence-electron chi connectivity index (χ3n) is 3.48. The van der Waals surface area contributed by atoms with E-state index in [0.717, 1.165) is 23.9 Å². The molecule has 2 heterocycles. The van der Waals surface area contributed by atoms with E-state index in [1.54, 1.807) is 11.3 Å². The predicted octanol–water partition coefficient (Wildman–Crippen LogP) is 3.38. The van der Waals surface area contributed by atoms with Gasteiger partial charge in [-0.3, -0.25) is 0 Å². The number of rotatable bonds is 4. The van der Waals surface area contributed by atoms with Crippen molar-refractivity contribution in [3.05, 3.63) is 28.5 Å². The molecule has 2 aromatic rings. The largest absolute Gasteiger partial charge is 0.350 e. The minimum Gasteiger partial charge on any atom is -0.350 e. The maximum Gasteiger partial charge on any atom is 0.203 e. The van der Waals surface area contributed by atoms with Gasteiger partial charge in [-0.2, -0.15) is 0 Å². The van der Waals surface area contributed by atoms with Gasteiger partial charge < -0.3 is 9.88 Å². The number of aryl methyl sites for hydroxylation is 1. The molecular weight excluding hydrogens is 244 g/mol. The lowest BCUT2D eigenvalue weighted by Crippen LogP contribution is -2.10. The molecule has 2 aromatic heterocycles. The van der Waals surface area contributed by atoms with Crippen LogP contribution in [0, 0.1) is 6.92 Å². The van der Waals surface area contributed by atoms with Crippen LogP contribution in [0.25, 0.3) is 0 Å². The van der Waals surface area contributed by atoms with E-state index in [2.05, 4.69) is 38.4 Å². The van der Waals surface area contributed by atoms with Gasteiger partial charge in [-0.1, -0.05) is 12.8 Å². The summed E-state index contributed by atoms with van der Waals surface area (Å²) in [4.78, 5) is 8.87. The fourth-order valence-electron chi connectivity index (χ4n) is 2.60. The lowest BCUT2D eigenvalue weighted by molar-refractivity contribution is 0.522. The van der Waals surface area contributed by atoms with Crippen LogP contribution >= 0.6 is 11.3 Å². The molecule has 0 spiro atoms. The van der Waals surface area contributed by atoms with Crippen LogP contribution in [0.4, 0.5) is 5.95 Å². The van der Waals surface area contributed by atoms with Crippen LogP contribution < -0.4 is 5.32 Å². The first-order chi connectivity index (χ1) is 8.83. The minimum absolute atomic E-state index is 0.629. The molecule has 0 saturated heterocycles. The zero-order chi connectivity index (χ0) is 12.4. The van der Waals surface area contributed by atoms with E-state index in [0.29, 0.717) is 6.04 Å². The number of anilines is 1. The van der Waals surface area contributed by atoms with E-state index < -0.39 is 0 Å². The van der Waals surface area contributed by atoms with Crippen molar-refractivity contribution in [1.29, 1.82) is 0 Å². The van der Waals surface area contributed by atoms with Crippen molar-refractivity contribution in [3.63, 3.8) is 0 Å². The highest BCUT2D eigenvalue weighted by Gasteiger charge is 2.20. The molecule has 4 nitrogen and oxygen atoms in total. The quantitative estimate of drug-likeness (QED) is 0.918. The standard InChI is InChI=1S/C13H18N4S/c1-10-7-17(12-4-2-3-5-12)13(16-10)14-6-11-8-18-9-15-11/h7-9,12H,2-6H2,1H3,(H,14,16). The van der Waals surface area contributed by atoms with Crippen LogP contribution in [0.1, 0.15) is 43.1 Å². The Labute approximate surface area is 111 Å². The zero-order valence-corrected chi connectivity index (χ0v) is 11.4. The molecule has 0 radical (unpaired) electrons. The zero-order valence-electron chi connectivity index (χ0n) is 10.6. The number of hydrogen-bond donors (Lipinski definition) is 1. The van der Waals surface area contributed by atoms with Crippen LogP contribution in [0.2, 0.25) is 0 Å². The Hall–Kier alpha value is -1.36. The topological polar surface area (TPSA) is 42.7 Å². The molecule has 0 amide bonds. The second-order valence-electron chi connectivity index (χ2n) is 4.88. The van der Waals surface area contributed by atoms with Gasteiger partial charge >= 0.3 is 0 Å². The number of aromatic nitrogens is 3. The van der Waals surface area contributed by atoms with Crippen molar-refractivity contribution >= 4 is 17.3 Å². The second-order valence-corrected chi connectivity index (χ2v) is 5.60. The molecule has 0 atom stereocenters. The van der Waals surface area contributed by atoms with E-state index >= 15 is 0 Å². The number of hydrogen-bond acceptors (Lipinski definition) is 4. The predicted molar refractivity (Wildman–Crippen MR) is 73.9 cm³/mol. The first-order valence-corrected chi connectivity index (χ1v) is 7.43. The third-order valence-corrected chi connectivity index (χ3v) is 4.12. The first-order valence-electron chi connectivity index (χ1n) is 6.49. The van der Waals surface area contributed by atoms with Crippen LogP contribution in [0.3, 0.4) is 0 Å². The Bertz CT molecular complexity index is 497. The number of nitrogens with one attached hydrogen (secondary N) is 1. The Balaban J connectivity index is 1.74. The number of imidazole rings is 1. The molecule has 0 bridgehead atoms. The molecule has 5 heteroatoms. The van der Waals surface area contributed by atoms with Crippen molar-refractivity contribution < 1.29 is 0 Å². The summed E-state index contributed by atoms with van der Waals surface area (Å²) in [6, 6.07) is 0.629. The molecular formula is C13H18N4S. The maximum atomic E-state index is 4.58. The molecule has 0 aliphatic heterocycles. The summed E-state index contributed by atoms with van der Waals surface area (Å²) in [6.45, 7) is 2.81. The molecule has 1 aliphatic carbocycles. The molecule has 18 heavy (non-hydrogen) atoms. The lowest BCUT2D eigenvalue weighted by Gasteiger charge is -2.15. The molecule has 1 fully saturated rings. The fraction of sp³-hybridized carbons (Fsp3) is 0.538. The van der Waals surface area contributed by atoms with Gasteiger partial charge in [-0.15, -0.1) is 11.3 Å². The SMILES string of the molecule is Cc1cn(C2CCCC2)c(NCc2cscn2)n1. The molecule has 1 N–H and O–H groups in total. The Morgan fingerprint density at radius 1 is 1.44 bits per heavy atom. The summed E-state index contributed by atoms with van der Waals surface area (Å²) in [5.74, 6) is 0.993. The van der Waals surface area contributed by atoms with Gasteiger partial charge in [0.2, 0.25) is 5.95 Å². The highest BCUT2D eigenvalue weighted by atomic mass is 32.1. The Morgan fingerprint density at radius 2 is 2.28 bits per heavy atom. The summed E-state index contributed by atoms with van der Waals surface area (Å²) in [7, 11) is 0. The number of nitrogens with zero attached hydrogens (tertiary/aromatic N) is 3. The summed E-state index contributed by atoms with van der Waals surface area (Å²) in [5.41, 5.74) is 4.03. The monoisotopic (exact) mass is 262 g/mol. The van der Waals surface area contributed by atoms with Gasteiger partial charge in [0, 0.05) is 17.6 Å². The van der Waals surface area contributed by atoms with Crippen molar-refractivity contribution in [1.82, 2.24) is 14.5 Å². The molecule has 0 aromatic carbocycles. The highest BCUT2D eigenvalue weighted by Crippen LogP contribution is 2.32. The molecule has 0 unspecified atom stereocenters. The van der Waals surface area contributed by atoms with Crippen LogP contribution in [-0.2, 0) is 6.54 Å². The van der Waals surface area contributed by atoms with E-state index in [1.807, 2.05) is 5.51 Å². The van der Waals surface area contributed by atoms with Crippen molar-refractivity contribution in [3.8, 4) is 0 Å². The summed E-state index contributed by atoms with van der Waals surface area (Å²) >= 11 is 1.63. The van der Waals surface area contributed by atoms with Crippen molar-refractivity contribution in [2.75, 3.05) is 5.32 Å². The van der Waals surface area contributed by atoms with Crippen LogP contribution in [0.5, 0.6) is 0 Å².